The number of pyridine rings is 1. The number of likely N-dealkylation sites (N-methyl/N-ethyl adjacent to an activating group) is 1. The van der Waals surface area contributed by atoms with E-state index in [1.807, 2.05) is 6.92 Å². The van der Waals surface area contributed by atoms with Crippen LogP contribution in [0.25, 0.3) is 5.82 Å². The number of carbonyl (C=O) groups excluding carboxylic acids is 1. The van der Waals surface area contributed by atoms with Crippen molar-refractivity contribution in [1.29, 1.82) is 0 Å². The zero-order valence-electron chi connectivity index (χ0n) is 10.7. The number of carbonyl (C=O) groups is 1. The molecule has 0 unspecified atom stereocenters. The van der Waals surface area contributed by atoms with E-state index in [2.05, 4.69) is 10.1 Å². The lowest BCUT2D eigenvalue weighted by molar-refractivity contribution is 0.0726. The van der Waals surface area contributed by atoms with Crippen molar-refractivity contribution < 1.29 is 9.90 Å². The fourth-order valence-electron chi connectivity index (χ4n) is 1.76. The van der Waals surface area contributed by atoms with Crippen LogP contribution in [-0.2, 0) is 0 Å². The van der Waals surface area contributed by atoms with Gasteiger partial charge in [0.2, 0.25) is 0 Å². The number of rotatable bonds is 5. The van der Waals surface area contributed by atoms with Gasteiger partial charge in [-0.2, -0.15) is 5.10 Å². The third-order valence-corrected chi connectivity index (χ3v) is 2.73. The van der Waals surface area contributed by atoms with Gasteiger partial charge in [-0.25, -0.2) is 9.67 Å². The van der Waals surface area contributed by atoms with Gasteiger partial charge in [0.05, 0.1) is 6.61 Å². The Labute approximate surface area is 111 Å². The summed E-state index contributed by atoms with van der Waals surface area (Å²) in [6.45, 7) is 2.65. The Hall–Kier alpha value is -2.21. The van der Waals surface area contributed by atoms with E-state index in [1.54, 1.807) is 46.2 Å². The van der Waals surface area contributed by atoms with E-state index < -0.39 is 0 Å². The van der Waals surface area contributed by atoms with E-state index in [0.717, 1.165) is 0 Å². The Morgan fingerprint density at radius 1 is 1.42 bits per heavy atom. The largest absolute Gasteiger partial charge is 0.395 e. The van der Waals surface area contributed by atoms with Gasteiger partial charge in [0, 0.05) is 25.5 Å². The smallest absolute Gasteiger partial charge is 0.272 e. The van der Waals surface area contributed by atoms with Crippen molar-refractivity contribution in [3.8, 4) is 5.82 Å². The van der Waals surface area contributed by atoms with E-state index in [9.17, 15) is 4.79 Å². The van der Waals surface area contributed by atoms with Gasteiger partial charge in [-0.15, -0.1) is 0 Å². The molecule has 0 aliphatic heterocycles. The molecule has 0 aliphatic carbocycles. The molecule has 0 aromatic carbocycles. The molecule has 2 heterocycles. The minimum absolute atomic E-state index is 0.0571. The first-order chi connectivity index (χ1) is 9.26. The first-order valence-electron chi connectivity index (χ1n) is 6.13. The van der Waals surface area contributed by atoms with Crippen molar-refractivity contribution >= 4 is 5.91 Å². The normalized spacial score (nSPS) is 10.4. The Kier molecular flexibility index (Phi) is 4.25. The van der Waals surface area contributed by atoms with Crippen LogP contribution >= 0.6 is 0 Å². The first-order valence-corrected chi connectivity index (χ1v) is 6.13. The van der Waals surface area contributed by atoms with E-state index in [-0.39, 0.29) is 12.5 Å². The molecule has 2 aromatic heterocycles. The van der Waals surface area contributed by atoms with Crippen molar-refractivity contribution in [2.24, 2.45) is 0 Å². The molecule has 1 N–H and O–H groups in total. The average Bonchev–Trinajstić information content (AvgIpc) is 2.98. The molecule has 0 radical (unpaired) electrons. The second-order valence-electron chi connectivity index (χ2n) is 3.94. The summed E-state index contributed by atoms with van der Waals surface area (Å²) >= 11 is 0. The summed E-state index contributed by atoms with van der Waals surface area (Å²) in [6.07, 6.45) is 3.42. The summed E-state index contributed by atoms with van der Waals surface area (Å²) in [5.41, 5.74) is 0.350. The van der Waals surface area contributed by atoms with Crippen LogP contribution in [0.15, 0.2) is 36.7 Å². The zero-order valence-corrected chi connectivity index (χ0v) is 10.7. The topological polar surface area (TPSA) is 71.2 Å². The van der Waals surface area contributed by atoms with E-state index in [4.69, 9.17) is 5.11 Å². The lowest BCUT2D eigenvalue weighted by Gasteiger charge is -2.19. The Morgan fingerprint density at radius 3 is 2.89 bits per heavy atom. The monoisotopic (exact) mass is 260 g/mol. The van der Waals surface area contributed by atoms with Crippen LogP contribution in [0, 0.1) is 0 Å². The molecule has 0 aliphatic rings. The molecule has 19 heavy (non-hydrogen) atoms. The highest BCUT2D eigenvalue weighted by atomic mass is 16.3. The highest BCUT2D eigenvalue weighted by Gasteiger charge is 2.15. The summed E-state index contributed by atoms with van der Waals surface area (Å²) in [6, 6.07) is 7.01. The van der Waals surface area contributed by atoms with Crippen molar-refractivity contribution in [1.82, 2.24) is 19.7 Å². The van der Waals surface area contributed by atoms with E-state index in [0.29, 0.717) is 24.6 Å². The minimum atomic E-state index is -0.189. The fraction of sp³-hybridized carbons (Fsp3) is 0.308. The van der Waals surface area contributed by atoms with Crippen molar-refractivity contribution in [2.45, 2.75) is 6.92 Å². The summed E-state index contributed by atoms with van der Waals surface area (Å²) in [7, 11) is 0. The molecular weight excluding hydrogens is 244 g/mol. The minimum Gasteiger partial charge on any atom is -0.395 e. The van der Waals surface area contributed by atoms with Gasteiger partial charge in [-0.05, 0) is 25.1 Å². The second-order valence-corrected chi connectivity index (χ2v) is 3.94. The maximum absolute atomic E-state index is 12.2. The predicted molar refractivity (Wildman–Crippen MR) is 70.0 cm³/mol. The summed E-state index contributed by atoms with van der Waals surface area (Å²) in [5, 5.41) is 13.0. The SMILES string of the molecule is CCN(CCO)C(=O)c1cccc(-n2cccn2)n1. The zero-order chi connectivity index (χ0) is 13.7. The molecule has 6 nitrogen and oxygen atoms in total. The Morgan fingerprint density at radius 2 is 2.26 bits per heavy atom. The molecule has 2 rings (SSSR count). The maximum atomic E-state index is 12.2. The van der Waals surface area contributed by atoms with Crippen molar-refractivity contribution in [2.75, 3.05) is 19.7 Å². The van der Waals surface area contributed by atoms with E-state index >= 15 is 0 Å². The van der Waals surface area contributed by atoms with Gasteiger partial charge in [-0.1, -0.05) is 6.07 Å². The quantitative estimate of drug-likeness (QED) is 0.860. The molecule has 6 heteroatoms. The number of aliphatic hydroxyl groups is 1. The molecule has 1 amide bonds. The number of aromatic nitrogens is 3. The summed E-state index contributed by atoms with van der Waals surface area (Å²) in [5.74, 6) is 0.404. The lowest BCUT2D eigenvalue weighted by Crippen LogP contribution is -2.34. The van der Waals surface area contributed by atoms with Gasteiger partial charge < -0.3 is 10.0 Å². The molecule has 0 saturated heterocycles. The molecule has 2 aromatic rings. The summed E-state index contributed by atoms with van der Waals surface area (Å²) < 4.78 is 1.60. The molecule has 0 bridgehead atoms. The van der Waals surface area contributed by atoms with Crippen LogP contribution in [0.5, 0.6) is 0 Å². The van der Waals surface area contributed by atoms with Crippen LogP contribution in [0.4, 0.5) is 0 Å². The average molecular weight is 260 g/mol. The van der Waals surface area contributed by atoms with Gasteiger partial charge in [0.1, 0.15) is 5.69 Å². The number of hydrogen-bond acceptors (Lipinski definition) is 4. The van der Waals surface area contributed by atoms with Crippen LogP contribution in [0.2, 0.25) is 0 Å². The van der Waals surface area contributed by atoms with Gasteiger partial charge in [-0.3, -0.25) is 4.79 Å². The number of hydrogen-bond donors (Lipinski definition) is 1. The standard InChI is InChI=1S/C13H16N4O2/c1-2-16(9-10-18)13(19)11-5-3-6-12(15-11)17-8-4-7-14-17/h3-8,18H,2,9-10H2,1H3. The van der Waals surface area contributed by atoms with Crippen LogP contribution in [0.3, 0.4) is 0 Å². The molecule has 0 atom stereocenters. The maximum Gasteiger partial charge on any atom is 0.272 e. The molecule has 0 spiro atoms. The van der Waals surface area contributed by atoms with Gasteiger partial charge in [0.25, 0.3) is 5.91 Å². The lowest BCUT2D eigenvalue weighted by atomic mass is 10.3. The molecule has 0 saturated carbocycles. The van der Waals surface area contributed by atoms with Gasteiger partial charge >= 0.3 is 0 Å². The Balaban J connectivity index is 2.25. The first kappa shape index (κ1) is 13.2. The highest BCUT2D eigenvalue weighted by molar-refractivity contribution is 5.92. The van der Waals surface area contributed by atoms with Crippen molar-refractivity contribution in [3.05, 3.63) is 42.4 Å². The van der Waals surface area contributed by atoms with E-state index in [1.165, 1.54) is 0 Å². The molecule has 0 fully saturated rings. The highest BCUT2D eigenvalue weighted by Crippen LogP contribution is 2.07. The second kappa shape index (κ2) is 6.10. The third-order valence-electron chi connectivity index (χ3n) is 2.73. The predicted octanol–water partition coefficient (Wildman–Crippen LogP) is 0.722. The fourth-order valence-corrected chi connectivity index (χ4v) is 1.76. The van der Waals surface area contributed by atoms with Crippen LogP contribution in [-0.4, -0.2) is 50.4 Å². The number of nitrogens with zero attached hydrogens (tertiary/aromatic N) is 4. The van der Waals surface area contributed by atoms with Crippen LogP contribution < -0.4 is 0 Å². The molecule has 100 valence electrons. The Bertz CT molecular complexity index is 539. The third kappa shape index (κ3) is 2.97. The number of aliphatic hydroxyl groups excluding tert-OH is 1. The summed E-state index contributed by atoms with van der Waals surface area (Å²) in [4.78, 5) is 18.1. The van der Waals surface area contributed by atoms with Crippen LogP contribution in [0.1, 0.15) is 17.4 Å². The van der Waals surface area contributed by atoms with Crippen molar-refractivity contribution in [3.63, 3.8) is 0 Å². The van der Waals surface area contributed by atoms with Gasteiger partial charge in [0.15, 0.2) is 5.82 Å². The number of amides is 1. The molecular formula is C13H16N4O2.